The molecule has 0 aliphatic rings. The molecule has 0 saturated heterocycles. The van der Waals surface area contributed by atoms with Gasteiger partial charge in [-0.2, -0.15) is 4.98 Å². The first kappa shape index (κ1) is 21.9. The summed E-state index contributed by atoms with van der Waals surface area (Å²) in [6, 6.07) is 7.87. The van der Waals surface area contributed by atoms with Crippen LogP contribution in [0.1, 0.15) is 36.4 Å². The largest absolute Gasteiger partial charge is 0.490 e. The number of hydrogen-bond donors (Lipinski definition) is 2. The minimum Gasteiger partial charge on any atom is -0.490 e. The zero-order valence-electron chi connectivity index (χ0n) is 18.3. The van der Waals surface area contributed by atoms with E-state index in [1.165, 1.54) is 0 Å². The highest BCUT2D eigenvalue weighted by Crippen LogP contribution is 2.30. The number of nitrogens with zero attached hydrogens (tertiary/aromatic N) is 3. The minimum absolute atomic E-state index is 0.157. The number of nitrogens with two attached hydrogens (primary N) is 1. The molecule has 30 heavy (non-hydrogen) atoms. The molecular formula is C23H30N4O3. The second-order valence-corrected chi connectivity index (χ2v) is 8.15. The predicted octanol–water partition coefficient (Wildman–Crippen LogP) is 3.62. The fraction of sp³-hybridized carbons (Fsp3) is 0.435. The van der Waals surface area contributed by atoms with Crippen LogP contribution in [0, 0.1) is 26.7 Å². The van der Waals surface area contributed by atoms with Gasteiger partial charge in [-0.3, -0.25) is 4.98 Å². The number of aliphatic hydroxyl groups excluding tert-OH is 1. The molecule has 3 N–H and O–H groups in total. The lowest BCUT2D eigenvalue weighted by atomic mass is 10.0. The quantitative estimate of drug-likeness (QED) is 0.584. The van der Waals surface area contributed by atoms with Crippen LogP contribution in [-0.2, 0) is 6.42 Å². The maximum absolute atomic E-state index is 9.64. The van der Waals surface area contributed by atoms with Crippen LogP contribution in [-0.4, -0.2) is 39.5 Å². The van der Waals surface area contributed by atoms with E-state index in [0.29, 0.717) is 17.6 Å². The van der Waals surface area contributed by atoms with Gasteiger partial charge in [0.25, 0.3) is 5.89 Å². The third-order valence-corrected chi connectivity index (χ3v) is 4.71. The molecule has 0 bridgehead atoms. The molecule has 3 aromatic rings. The predicted molar refractivity (Wildman–Crippen MR) is 116 cm³/mol. The lowest BCUT2D eigenvalue weighted by molar-refractivity contribution is 0.113. The number of aliphatic hydroxyl groups is 1. The minimum atomic E-state index is -0.687. The van der Waals surface area contributed by atoms with Gasteiger partial charge in [0.1, 0.15) is 18.5 Å². The summed E-state index contributed by atoms with van der Waals surface area (Å²) < 4.78 is 11.3. The maximum Gasteiger partial charge on any atom is 0.258 e. The van der Waals surface area contributed by atoms with Crippen LogP contribution in [0.2, 0.25) is 0 Å². The van der Waals surface area contributed by atoms with Crippen molar-refractivity contribution in [1.29, 1.82) is 0 Å². The van der Waals surface area contributed by atoms with Crippen molar-refractivity contribution in [1.82, 2.24) is 15.1 Å². The van der Waals surface area contributed by atoms with E-state index < -0.39 is 6.10 Å². The maximum atomic E-state index is 9.64. The molecule has 3 rings (SSSR count). The summed E-state index contributed by atoms with van der Waals surface area (Å²) in [6.07, 6.45) is 0.210. The molecule has 0 radical (unpaired) electrons. The topological polar surface area (TPSA) is 107 Å². The average molecular weight is 411 g/mol. The van der Waals surface area contributed by atoms with E-state index in [2.05, 4.69) is 29.0 Å². The first-order valence-corrected chi connectivity index (χ1v) is 10.2. The van der Waals surface area contributed by atoms with E-state index in [9.17, 15) is 5.11 Å². The second-order valence-electron chi connectivity index (χ2n) is 8.15. The van der Waals surface area contributed by atoms with Crippen LogP contribution in [0.25, 0.3) is 22.8 Å². The first-order valence-electron chi connectivity index (χ1n) is 10.2. The summed E-state index contributed by atoms with van der Waals surface area (Å²) >= 11 is 0. The summed E-state index contributed by atoms with van der Waals surface area (Å²) in [6.45, 7) is 10.5. The van der Waals surface area contributed by atoms with Gasteiger partial charge >= 0.3 is 0 Å². The normalized spacial score (nSPS) is 12.4. The zero-order valence-corrected chi connectivity index (χ0v) is 18.3. The molecule has 1 aromatic carbocycles. The lowest BCUT2D eigenvalue weighted by Crippen LogP contribution is -2.26. The van der Waals surface area contributed by atoms with Crippen molar-refractivity contribution in [2.75, 3.05) is 13.2 Å². The van der Waals surface area contributed by atoms with Gasteiger partial charge in [0, 0.05) is 29.1 Å². The summed E-state index contributed by atoms with van der Waals surface area (Å²) in [5, 5.41) is 13.8. The fourth-order valence-electron chi connectivity index (χ4n) is 3.40. The highest BCUT2D eigenvalue weighted by molar-refractivity contribution is 5.63. The molecule has 0 unspecified atom stereocenters. The molecule has 0 fully saturated rings. The number of pyridine rings is 1. The molecule has 0 aliphatic carbocycles. The number of rotatable bonds is 8. The Labute approximate surface area is 177 Å². The molecule has 0 saturated carbocycles. The van der Waals surface area contributed by atoms with Crippen molar-refractivity contribution in [3.05, 3.63) is 46.8 Å². The standard InChI is InChI=1S/C23H30N4O3/c1-13(2)6-19-10-18(9-16(5)25-19)23-26-22(27-30-23)17-7-14(3)21(15(4)8-17)29-12-20(28)11-24/h7-10,13,20,28H,6,11-12,24H2,1-5H3/t20-/m0/s1. The van der Waals surface area contributed by atoms with Crippen LogP contribution in [0.5, 0.6) is 5.75 Å². The molecule has 2 aromatic heterocycles. The van der Waals surface area contributed by atoms with Crippen molar-refractivity contribution in [3.63, 3.8) is 0 Å². The van der Waals surface area contributed by atoms with Crippen molar-refractivity contribution in [3.8, 4) is 28.6 Å². The molecule has 160 valence electrons. The fourth-order valence-corrected chi connectivity index (χ4v) is 3.40. The Morgan fingerprint density at radius 2 is 1.73 bits per heavy atom. The third kappa shape index (κ3) is 5.23. The molecule has 7 heteroatoms. The van der Waals surface area contributed by atoms with Crippen LogP contribution >= 0.6 is 0 Å². The van der Waals surface area contributed by atoms with Gasteiger partial charge < -0.3 is 20.1 Å². The van der Waals surface area contributed by atoms with E-state index in [0.717, 1.165) is 45.8 Å². The Hall–Kier alpha value is -2.77. The average Bonchev–Trinajstić information content (AvgIpc) is 3.16. The molecule has 0 spiro atoms. The van der Waals surface area contributed by atoms with Gasteiger partial charge in [0.05, 0.1) is 0 Å². The SMILES string of the molecule is Cc1cc(-c2nc(-c3cc(C)c(OC[C@@H](O)CN)c(C)c3)no2)cc(CC(C)C)n1. The monoisotopic (exact) mass is 410 g/mol. The van der Waals surface area contributed by atoms with Gasteiger partial charge in [-0.1, -0.05) is 19.0 Å². The van der Waals surface area contributed by atoms with E-state index in [-0.39, 0.29) is 13.2 Å². The van der Waals surface area contributed by atoms with Crippen LogP contribution in [0.3, 0.4) is 0 Å². The Kier molecular flexibility index (Phi) is 6.84. The van der Waals surface area contributed by atoms with Crippen molar-refractivity contribution >= 4 is 0 Å². The smallest absolute Gasteiger partial charge is 0.258 e. The van der Waals surface area contributed by atoms with E-state index in [1.54, 1.807) is 0 Å². The summed E-state index contributed by atoms with van der Waals surface area (Å²) in [5.74, 6) is 2.24. The van der Waals surface area contributed by atoms with E-state index in [1.807, 2.05) is 45.0 Å². The molecule has 0 aliphatic heterocycles. The van der Waals surface area contributed by atoms with Crippen LogP contribution < -0.4 is 10.5 Å². The number of ether oxygens (including phenoxy) is 1. The van der Waals surface area contributed by atoms with Gasteiger partial charge in [-0.25, -0.2) is 0 Å². The van der Waals surface area contributed by atoms with E-state index in [4.69, 9.17) is 15.0 Å². The summed E-state index contributed by atoms with van der Waals surface area (Å²) in [7, 11) is 0. The van der Waals surface area contributed by atoms with Crippen molar-refractivity contribution in [2.45, 2.75) is 47.1 Å². The van der Waals surface area contributed by atoms with Crippen LogP contribution in [0.4, 0.5) is 0 Å². The van der Waals surface area contributed by atoms with Crippen molar-refractivity contribution < 1.29 is 14.4 Å². The number of hydrogen-bond acceptors (Lipinski definition) is 7. The summed E-state index contributed by atoms with van der Waals surface area (Å²) in [4.78, 5) is 9.21. The lowest BCUT2D eigenvalue weighted by Gasteiger charge is -2.15. The Balaban J connectivity index is 1.87. The van der Waals surface area contributed by atoms with Crippen molar-refractivity contribution in [2.24, 2.45) is 11.7 Å². The molecule has 7 nitrogen and oxygen atoms in total. The number of aromatic nitrogens is 3. The summed E-state index contributed by atoms with van der Waals surface area (Å²) in [5.41, 5.74) is 11.0. The van der Waals surface area contributed by atoms with Gasteiger partial charge in [0.15, 0.2) is 0 Å². The Bertz CT molecular complexity index is 990. The number of aryl methyl sites for hydroxylation is 3. The van der Waals surface area contributed by atoms with Gasteiger partial charge in [0.2, 0.25) is 5.82 Å². The molecule has 1 atom stereocenters. The zero-order chi connectivity index (χ0) is 21.8. The third-order valence-electron chi connectivity index (χ3n) is 4.71. The highest BCUT2D eigenvalue weighted by atomic mass is 16.5. The molecule has 2 heterocycles. The highest BCUT2D eigenvalue weighted by Gasteiger charge is 2.16. The first-order chi connectivity index (χ1) is 14.3. The Morgan fingerprint density at radius 1 is 1.03 bits per heavy atom. The number of benzene rings is 1. The molecule has 0 amide bonds. The van der Waals surface area contributed by atoms with Crippen LogP contribution in [0.15, 0.2) is 28.8 Å². The molecular weight excluding hydrogens is 380 g/mol. The Morgan fingerprint density at radius 3 is 2.37 bits per heavy atom. The van der Waals surface area contributed by atoms with Gasteiger partial charge in [-0.05, 0) is 68.5 Å². The van der Waals surface area contributed by atoms with Gasteiger partial charge in [-0.15, -0.1) is 0 Å². The second kappa shape index (κ2) is 9.36. The van der Waals surface area contributed by atoms with E-state index >= 15 is 0 Å².